The van der Waals surface area contributed by atoms with Crippen molar-refractivity contribution < 1.29 is 9.53 Å². The second-order valence-electron chi connectivity index (χ2n) is 5.96. The molecule has 0 heterocycles. The van der Waals surface area contributed by atoms with Crippen LogP contribution in [0.3, 0.4) is 0 Å². The number of carbonyl (C=O) groups is 1. The molecule has 0 aliphatic heterocycles. The molecule has 0 spiro atoms. The first-order valence-electron chi connectivity index (χ1n) is 7.79. The van der Waals surface area contributed by atoms with Gasteiger partial charge in [0.2, 0.25) is 0 Å². The first-order valence-corrected chi connectivity index (χ1v) is 8.55. The molecule has 0 bridgehead atoms. The van der Waals surface area contributed by atoms with Crippen LogP contribution in [0.25, 0.3) is 0 Å². The van der Waals surface area contributed by atoms with Gasteiger partial charge in [0.25, 0.3) is 0 Å². The van der Waals surface area contributed by atoms with Gasteiger partial charge in [0.15, 0.2) is 0 Å². The van der Waals surface area contributed by atoms with Crippen molar-refractivity contribution in [1.82, 2.24) is 4.90 Å². The standard InChI is InChI=1S/C17H23Cl2NO2/c1-4-22-16(21)20(3)17(10-6-5-7-12(17)2)13-8-9-14(18)15(19)11-13/h8-9,11-12H,4-7,10H2,1-3H3. The maximum atomic E-state index is 12.4. The fourth-order valence-electron chi connectivity index (χ4n) is 3.60. The Labute approximate surface area is 142 Å². The van der Waals surface area contributed by atoms with E-state index in [-0.39, 0.29) is 6.09 Å². The topological polar surface area (TPSA) is 29.5 Å². The molecule has 2 rings (SSSR count). The summed E-state index contributed by atoms with van der Waals surface area (Å²) in [6.45, 7) is 4.38. The SMILES string of the molecule is CCOC(=O)N(C)C1(c2ccc(Cl)c(Cl)c2)CCCCC1C. The van der Waals surface area contributed by atoms with Gasteiger partial charge in [-0.1, -0.05) is 49.0 Å². The van der Waals surface area contributed by atoms with E-state index < -0.39 is 5.54 Å². The Bertz CT molecular complexity index is 549. The molecule has 1 fully saturated rings. The largest absolute Gasteiger partial charge is 0.450 e. The number of carbonyl (C=O) groups excluding carboxylic acids is 1. The summed E-state index contributed by atoms with van der Waals surface area (Å²) in [7, 11) is 1.82. The van der Waals surface area contributed by atoms with Gasteiger partial charge in [-0.05, 0) is 43.4 Å². The van der Waals surface area contributed by atoms with Gasteiger partial charge in [0.05, 0.1) is 22.2 Å². The average Bonchev–Trinajstić information content (AvgIpc) is 2.50. The van der Waals surface area contributed by atoms with Gasteiger partial charge in [0, 0.05) is 7.05 Å². The molecular weight excluding hydrogens is 321 g/mol. The molecule has 2 unspecified atom stereocenters. The van der Waals surface area contributed by atoms with Crippen LogP contribution in [0.2, 0.25) is 10.0 Å². The fraction of sp³-hybridized carbons (Fsp3) is 0.588. The summed E-state index contributed by atoms with van der Waals surface area (Å²) < 4.78 is 5.23. The average molecular weight is 344 g/mol. The van der Waals surface area contributed by atoms with Gasteiger partial charge in [-0.2, -0.15) is 0 Å². The number of amides is 1. The van der Waals surface area contributed by atoms with Gasteiger partial charge in [-0.25, -0.2) is 4.79 Å². The van der Waals surface area contributed by atoms with Crippen molar-refractivity contribution in [1.29, 1.82) is 0 Å². The summed E-state index contributed by atoms with van der Waals surface area (Å²) in [6, 6.07) is 5.68. The Morgan fingerprint density at radius 1 is 1.36 bits per heavy atom. The van der Waals surface area contributed by atoms with Gasteiger partial charge in [-0.3, -0.25) is 0 Å². The Balaban J connectivity index is 2.49. The second kappa shape index (κ2) is 7.10. The van der Waals surface area contributed by atoms with E-state index in [1.807, 2.05) is 26.1 Å². The van der Waals surface area contributed by atoms with Crippen molar-refractivity contribution in [3.05, 3.63) is 33.8 Å². The van der Waals surface area contributed by atoms with E-state index in [0.29, 0.717) is 22.6 Å². The monoisotopic (exact) mass is 343 g/mol. The molecule has 1 saturated carbocycles. The first kappa shape index (κ1) is 17.4. The number of hydrogen-bond donors (Lipinski definition) is 0. The molecule has 1 aliphatic rings. The molecule has 1 aromatic carbocycles. The minimum atomic E-state index is -0.390. The zero-order valence-electron chi connectivity index (χ0n) is 13.4. The Kier molecular flexibility index (Phi) is 5.62. The summed E-state index contributed by atoms with van der Waals surface area (Å²) in [6.07, 6.45) is 3.95. The number of hydrogen-bond acceptors (Lipinski definition) is 2. The van der Waals surface area contributed by atoms with E-state index in [1.165, 1.54) is 6.42 Å². The predicted octanol–water partition coefficient (Wildman–Crippen LogP) is 5.49. The van der Waals surface area contributed by atoms with Crippen LogP contribution in [0, 0.1) is 5.92 Å². The van der Waals surface area contributed by atoms with E-state index >= 15 is 0 Å². The smallest absolute Gasteiger partial charge is 0.410 e. The minimum absolute atomic E-state index is 0.290. The molecule has 122 valence electrons. The van der Waals surface area contributed by atoms with Gasteiger partial charge >= 0.3 is 6.09 Å². The van der Waals surface area contributed by atoms with Crippen LogP contribution in [-0.2, 0) is 10.3 Å². The van der Waals surface area contributed by atoms with Gasteiger partial charge < -0.3 is 9.64 Å². The fourth-order valence-corrected chi connectivity index (χ4v) is 3.90. The van der Waals surface area contributed by atoms with Crippen molar-refractivity contribution in [2.24, 2.45) is 5.92 Å². The summed E-state index contributed by atoms with van der Waals surface area (Å²) in [5, 5.41) is 1.05. The zero-order chi connectivity index (χ0) is 16.3. The number of halogens is 2. The molecular formula is C17H23Cl2NO2. The Morgan fingerprint density at radius 3 is 2.68 bits per heavy atom. The minimum Gasteiger partial charge on any atom is -0.450 e. The first-order chi connectivity index (χ1) is 10.4. The summed E-state index contributed by atoms with van der Waals surface area (Å²) in [4.78, 5) is 14.1. The predicted molar refractivity (Wildman–Crippen MR) is 90.6 cm³/mol. The Morgan fingerprint density at radius 2 is 2.09 bits per heavy atom. The number of benzene rings is 1. The summed E-state index contributed by atoms with van der Waals surface area (Å²) in [5.41, 5.74) is 0.642. The van der Waals surface area contributed by atoms with Crippen LogP contribution in [0.5, 0.6) is 0 Å². The van der Waals surface area contributed by atoms with Gasteiger partial charge in [0.1, 0.15) is 0 Å². The molecule has 1 aromatic rings. The van der Waals surface area contributed by atoms with Crippen LogP contribution >= 0.6 is 23.2 Å². The lowest BCUT2D eigenvalue weighted by molar-refractivity contribution is 0.0141. The maximum absolute atomic E-state index is 12.4. The van der Waals surface area contributed by atoms with Crippen LogP contribution in [0.4, 0.5) is 4.79 Å². The molecule has 5 heteroatoms. The van der Waals surface area contributed by atoms with E-state index in [1.54, 1.807) is 11.0 Å². The van der Waals surface area contributed by atoms with E-state index in [4.69, 9.17) is 27.9 Å². The van der Waals surface area contributed by atoms with Crippen molar-refractivity contribution in [2.75, 3.05) is 13.7 Å². The summed E-state index contributed by atoms with van der Waals surface area (Å²) in [5.74, 6) is 0.327. The normalized spacial score (nSPS) is 24.9. The van der Waals surface area contributed by atoms with Crippen LogP contribution in [0.1, 0.15) is 45.1 Å². The number of nitrogens with zero attached hydrogens (tertiary/aromatic N) is 1. The van der Waals surface area contributed by atoms with E-state index in [9.17, 15) is 4.79 Å². The molecule has 3 nitrogen and oxygen atoms in total. The molecule has 0 aromatic heterocycles. The van der Waals surface area contributed by atoms with E-state index in [0.717, 1.165) is 24.8 Å². The molecule has 2 atom stereocenters. The summed E-state index contributed by atoms with van der Waals surface area (Å²) >= 11 is 12.3. The zero-order valence-corrected chi connectivity index (χ0v) is 14.9. The third kappa shape index (κ3) is 3.07. The molecule has 1 amide bonds. The van der Waals surface area contributed by atoms with Crippen molar-refractivity contribution in [3.8, 4) is 0 Å². The van der Waals surface area contributed by atoms with Crippen LogP contribution in [-0.4, -0.2) is 24.6 Å². The van der Waals surface area contributed by atoms with Gasteiger partial charge in [-0.15, -0.1) is 0 Å². The maximum Gasteiger partial charge on any atom is 0.410 e. The van der Waals surface area contributed by atoms with Crippen LogP contribution < -0.4 is 0 Å². The lowest BCUT2D eigenvalue weighted by Crippen LogP contribution is -2.53. The highest BCUT2D eigenvalue weighted by molar-refractivity contribution is 6.42. The lowest BCUT2D eigenvalue weighted by Gasteiger charge is -2.48. The third-order valence-electron chi connectivity index (χ3n) is 4.82. The second-order valence-corrected chi connectivity index (χ2v) is 6.77. The van der Waals surface area contributed by atoms with E-state index in [2.05, 4.69) is 6.92 Å². The van der Waals surface area contributed by atoms with Crippen molar-refractivity contribution in [3.63, 3.8) is 0 Å². The number of ether oxygens (including phenoxy) is 1. The highest BCUT2D eigenvalue weighted by Crippen LogP contribution is 2.47. The molecule has 22 heavy (non-hydrogen) atoms. The third-order valence-corrected chi connectivity index (χ3v) is 5.56. The molecule has 0 saturated heterocycles. The quantitative estimate of drug-likeness (QED) is 0.726. The molecule has 1 aliphatic carbocycles. The molecule has 0 N–H and O–H groups in total. The number of rotatable bonds is 3. The van der Waals surface area contributed by atoms with Crippen LogP contribution in [0.15, 0.2) is 18.2 Å². The lowest BCUT2D eigenvalue weighted by atomic mass is 9.69. The van der Waals surface area contributed by atoms with Crippen molar-refractivity contribution >= 4 is 29.3 Å². The Hall–Kier alpha value is -0.930. The van der Waals surface area contributed by atoms with Crippen molar-refractivity contribution in [2.45, 2.75) is 45.1 Å². The highest BCUT2D eigenvalue weighted by atomic mass is 35.5. The highest BCUT2D eigenvalue weighted by Gasteiger charge is 2.46. The molecule has 0 radical (unpaired) electrons.